The van der Waals surface area contributed by atoms with E-state index in [1.165, 1.54) is 0 Å². The molecule has 0 aliphatic heterocycles. The number of carbonyl (C=O) groups is 1. The number of hydrogen-bond donors (Lipinski definition) is 1. The molecule has 0 bridgehead atoms. The van der Waals surface area contributed by atoms with Crippen molar-refractivity contribution in [2.45, 2.75) is 0 Å². The number of carboxylic acids is 1. The van der Waals surface area contributed by atoms with Crippen molar-refractivity contribution >= 4 is 49.6 Å². The second-order valence-corrected chi connectivity index (χ2v) is 6.43. The lowest BCUT2D eigenvalue weighted by Crippen LogP contribution is -1.91. The molecule has 0 unspecified atom stereocenters. The van der Waals surface area contributed by atoms with Gasteiger partial charge in [-0.1, -0.05) is 28.1 Å². The van der Waals surface area contributed by atoms with Crippen molar-refractivity contribution in [3.63, 3.8) is 0 Å². The lowest BCUT2D eigenvalue weighted by Gasteiger charge is -2.01. The molecule has 0 fully saturated rings. The molecule has 110 valence electrons. The maximum atomic E-state index is 10.9. The van der Waals surface area contributed by atoms with E-state index in [9.17, 15) is 4.79 Å². The highest BCUT2D eigenvalue weighted by Crippen LogP contribution is 2.28. The number of halogens is 2. The van der Waals surface area contributed by atoms with E-state index in [4.69, 9.17) is 5.11 Å². The van der Waals surface area contributed by atoms with E-state index in [0.717, 1.165) is 37.6 Å². The van der Waals surface area contributed by atoms with E-state index in [2.05, 4.69) is 36.8 Å². The van der Waals surface area contributed by atoms with E-state index in [0.29, 0.717) is 0 Å². The van der Waals surface area contributed by atoms with Crippen molar-refractivity contribution in [1.82, 2.24) is 9.38 Å². The normalized spacial score (nSPS) is 11.4. The summed E-state index contributed by atoms with van der Waals surface area (Å²) in [6.45, 7) is 0. The monoisotopic (exact) mass is 420 g/mol. The summed E-state index contributed by atoms with van der Waals surface area (Å²) in [4.78, 5) is 15.5. The Morgan fingerprint density at radius 1 is 1.09 bits per heavy atom. The molecule has 1 N–H and O–H groups in total. The first-order chi connectivity index (χ1) is 10.5. The molecule has 0 atom stereocenters. The van der Waals surface area contributed by atoms with Crippen LogP contribution in [0.1, 0.15) is 5.69 Å². The van der Waals surface area contributed by atoms with Gasteiger partial charge < -0.3 is 5.11 Å². The van der Waals surface area contributed by atoms with E-state index >= 15 is 0 Å². The Bertz CT molecular complexity index is 883. The summed E-state index contributed by atoms with van der Waals surface area (Å²) in [6.07, 6.45) is 4.55. The minimum atomic E-state index is -0.994. The zero-order chi connectivity index (χ0) is 15.7. The van der Waals surface area contributed by atoms with Crippen LogP contribution in [-0.2, 0) is 4.79 Å². The van der Waals surface area contributed by atoms with Gasteiger partial charge in [-0.3, -0.25) is 4.40 Å². The summed E-state index contributed by atoms with van der Waals surface area (Å²) in [5.41, 5.74) is 3.14. The Hall–Kier alpha value is -1.92. The maximum Gasteiger partial charge on any atom is 0.328 e. The number of nitrogens with zero attached hydrogens (tertiary/aromatic N) is 2. The van der Waals surface area contributed by atoms with E-state index in [1.807, 2.05) is 47.0 Å². The molecule has 2 aromatic heterocycles. The van der Waals surface area contributed by atoms with Crippen molar-refractivity contribution in [3.8, 4) is 11.3 Å². The molecule has 0 saturated heterocycles. The summed E-state index contributed by atoms with van der Waals surface area (Å²) >= 11 is 6.83. The molecular weight excluding hydrogens is 412 g/mol. The molecule has 0 aliphatic carbocycles. The van der Waals surface area contributed by atoms with Crippen LogP contribution in [0.25, 0.3) is 23.0 Å². The van der Waals surface area contributed by atoms with E-state index in [-0.39, 0.29) is 0 Å². The fourth-order valence-corrected chi connectivity index (χ4v) is 2.77. The first-order valence-corrected chi connectivity index (χ1v) is 7.98. The summed E-state index contributed by atoms with van der Waals surface area (Å²) in [7, 11) is 0. The third-order valence-electron chi connectivity index (χ3n) is 3.12. The van der Waals surface area contributed by atoms with Gasteiger partial charge in [-0.05, 0) is 46.3 Å². The number of aromatic nitrogens is 2. The van der Waals surface area contributed by atoms with Gasteiger partial charge in [0.1, 0.15) is 5.65 Å². The first-order valence-electron chi connectivity index (χ1n) is 6.39. The maximum absolute atomic E-state index is 10.9. The Balaban J connectivity index is 2.26. The number of fused-ring (bicyclic) bond motifs is 1. The van der Waals surface area contributed by atoms with Crippen molar-refractivity contribution in [3.05, 3.63) is 63.3 Å². The van der Waals surface area contributed by atoms with Crippen LogP contribution in [0, 0.1) is 0 Å². The second-order valence-electron chi connectivity index (χ2n) is 4.60. The van der Waals surface area contributed by atoms with E-state index in [1.54, 1.807) is 6.08 Å². The summed E-state index contributed by atoms with van der Waals surface area (Å²) in [5, 5.41) is 8.90. The molecule has 0 saturated carbocycles. The number of rotatable bonds is 3. The molecule has 3 aromatic rings. The van der Waals surface area contributed by atoms with Crippen molar-refractivity contribution in [2.24, 2.45) is 0 Å². The lowest BCUT2D eigenvalue weighted by atomic mass is 10.1. The van der Waals surface area contributed by atoms with Gasteiger partial charge in [0, 0.05) is 26.8 Å². The van der Waals surface area contributed by atoms with Crippen molar-refractivity contribution in [2.75, 3.05) is 0 Å². The van der Waals surface area contributed by atoms with Crippen LogP contribution in [0.3, 0.4) is 0 Å². The largest absolute Gasteiger partial charge is 0.478 e. The van der Waals surface area contributed by atoms with Crippen LogP contribution in [0.2, 0.25) is 0 Å². The smallest absolute Gasteiger partial charge is 0.328 e. The number of imidazole rings is 1. The number of benzene rings is 1. The van der Waals surface area contributed by atoms with Crippen LogP contribution >= 0.6 is 31.9 Å². The molecule has 0 spiro atoms. The number of carboxylic acid groups (broad SMARTS) is 1. The van der Waals surface area contributed by atoms with Crippen LogP contribution in [0.15, 0.2) is 57.6 Å². The van der Waals surface area contributed by atoms with Crippen LogP contribution in [0.4, 0.5) is 0 Å². The molecule has 2 heterocycles. The standard InChI is InChI=1S/C16H10Br2N2O2/c17-11-3-1-10(2-4-11)16-13(6-8-15(21)22)20-9-12(18)5-7-14(20)19-16/h1-9H,(H,21,22)/b8-6+. The van der Waals surface area contributed by atoms with Gasteiger partial charge in [-0.15, -0.1) is 0 Å². The SMILES string of the molecule is O=C(O)/C=C/c1c(-c2ccc(Br)cc2)nc2ccc(Br)cn12. The molecule has 3 rings (SSSR count). The molecular formula is C16H10Br2N2O2. The minimum absolute atomic E-state index is 0.723. The summed E-state index contributed by atoms with van der Waals surface area (Å²) in [5.74, 6) is -0.994. The molecule has 1 aromatic carbocycles. The van der Waals surface area contributed by atoms with Gasteiger partial charge in [-0.2, -0.15) is 0 Å². The zero-order valence-corrected chi connectivity index (χ0v) is 14.4. The van der Waals surface area contributed by atoms with Gasteiger partial charge >= 0.3 is 5.97 Å². The highest BCUT2D eigenvalue weighted by molar-refractivity contribution is 9.10. The highest BCUT2D eigenvalue weighted by atomic mass is 79.9. The van der Waals surface area contributed by atoms with Gasteiger partial charge in [0.2, 0.25) is 0 Å². The molecule has 0 radical (unpaired) electrons. The number of hydrogen-bond acceptors (Lipinski definition) is 2. The van der Waals surface area contributed by atoms with Crippen LogP contribution in [0.5, 0.6) is 0 Å². The third kappa shape index (κ3) is 2.98. The van der Waals surface area contributed by atoms with Gasteiger partial charge in [0.05, 0.1) is 11.4 Å². The fraction of sp³-hybridized carbons (Fsp3) is 0. The van der Waals surface area contributed by atoms with Crippen LogP contribution < -0.4 is 0 Å². The Morgan fingerprint density at radius 2 is 1.77 bits per heavy atom. The van der Waals surface area contributed by atoms with Gasteiger partial charge in [0.25, 0.3) is 0 Å². The first kappa shape index (κ1) is 15.0. The van der Waals surface area contributed by atoms with E-state index < -0.39 is 5.97 Å². The molecule has 22 heavy (non-hydrogen) atoms. The number of aliphatic carboxylic acids is 1. The molecule has 0 amide bonds. The van der Waals surface area contributed by atoms with Gasteiger partial charge in [0.15, 0.2) is 0 Å². The average Bonchev–Trinajstić information content (AvgIpc) is 2.83. The highest BCUT2D eigenvalue weighted by Gasteiger charge is 2.12. The Morgan fingerprint density at radius 3 is 2.45 bits per heavy atom. The van der Waals surface area contributed by atoms with Crippen LogP contribution in [-0.4, -0.2) is 20.5 Å². The summed E-state index contributed by atoms with van der Waals surface area (Å²) < 4.78 is 3.73. The van der Waals surface area contributed by atoms with Crippen molar-refractivity contribution in [1.29, 1.82) is 0 Å². The quantitative estimate of drug-likeness (QED) is 0.627. The molecule has 6 heteroatoms. The Labute approximate surface area is 143 Å². The zero-order valence-electron chi connectivity index (χ0n) is 11.2. The second kappa shape index (κ2) is 6.06. The minimum Gasteiger partial charge on any atom is -0.478 e. The predicted octanol–water partition coefficient (Wildman–Crippen LogP) is 4.62. The number of pyridine rings is 1. The third-order valence-corrected chi connectivity index (χ3v) is 4.12. The Kier molecular flexibility index (Phi) is 4.13. The average molecular weight is 422 g/mol. The summed E-state index contributed by atoms with van der Waals surface area (Å²) in [6, 6.07) is 11.5. The lowest BCUT2D eigenvalue weighted by molar-refractivity contribution is -0.131. The van der Waals surface area contributed by atoms with Gasteiger partial charge in [-0.25, -0.2) is 9.78 Å². The predicted molar refractivity (Wildman–Crippen MR) is 92.7 cm³/mol. The molecule has 0 aliphatic rings. The fourth-order valence-electron chi connectivity index (χ4n) is 2.17. The molecule has 4 nitrogen and oxygen atoms in total. The van der Waals surface area contributed by atoms with Crippen molar-refractivity contribution < 1.29 is 9.90 Å². The topological polar surface area (TPSA) is 54.6 Å².